The van der Waals surface area contributed by atoms with Crippen LogP contribution in [0.15, 0.2) is 91.0 Å². The fourth-order valence-corrected chi connectivity index (χ4v) is 4.17. The van der Waals surface area contributed by atoms with Crippen molar-refractivity contribution in [2.75, 3.05) is 36.4 Å². The topological polar surface area (TPSA) is 57.2 Å². The standard InChI is InChI=1S/C26H24N6S/c33-26(27-22-14-8-3-9-15-22)32-18-16-31(17-19-32)25-28-23(20-10-4-1-5-11-20)24(29-30-25)21-12-6-2-7-13-21/h1-15H,16-19H2,(H,27,33). The summed E-state index contributed by atoms with van der Waals surface area (Å²) in [5.74, 6) is 0.648. The number of anilines is 2. The second-order valence-corrected chi connectivity index (χ2v) is 8.20. The van der Waals surface area contributed by atoms with Crippen molar-refractivity contribution in [1.82, 2.24) is 20.1 Å². The summed E-state index contributed by atoms with van der Waals surface area (Å²) < 4.78 is 0. The number of piperazine rings is 1. The molecule has 0 radical (unpaired) electrons. The zero-order chi connectivity index (χ0) is 22.5. The zero-order valence-electron chi connectivity index (χ0n) is 18.1. The lowest BCUT2D eigenvalue weighted by molar-refractivity contribution is 0.387. The van der Waals surface area contributed by atoms with Crippen LogP contribution in [-0.4, -0.2) is 51.4 Å². The Bertz CT molecular complexity index is 1210. The largest absolute Gasteiger partial charge is 0.345 e. The third kappa shape index (κ3) is 4.83. The first-order valence-electron chi connectivity index (χ1n) is 11.0. The maximum absolute atomic E-state index is 5.62. The fourth-order valence-electron chi connectivity index (χ4n) is 3.87. The lowest BCUT2D eigenvalue weighted by Crippen LogP contribution is -2.50. The molecule has 2 heterocycles. The number of aromatic nitrogens is 3. The minimum Gasteiger partial charge on any atom is -0.345 e. The molecular weight excluding hydrogens is 428 g/mol. The van der Waals surface area contributed by atoms with Gasteiger partial charge in [-0.2, -0.15) is 0 Å². The summed E-state index contributed by atoms with van der Waals surface area (Å²) in [5, 5.41) is 13.2. The molecule has 6 nitrogen and oxygen atoms in total. The SMILES string of the molecule is S=C(Nc1ccccc1)N1CCN(c2nnc(-c3ccccc3)c(-c3ccccc3)n2)CC1. The van der Waals surface area contributed by atoms with Crippen molar-refractivity contribution in [3.8, 4) is 22.5 Å². The van der Waals surface area contributed by atoms with Gasteiger partial charge in [0.1, 0.15) is 11.4 Å². The van der Waals surface area contributed by atoms with E-state index in [-0.39, 0.29) is 0 Å². The molecule has 1 aliphatic rings. The highest BCUT2D eigenvalue weighted by atomic mass is 32.1. The van der Waals surface area contributed by atoms with Gasteiger partial charge in [-0.3, -0.25) is 0 Å². The summed E-state index contributed by atoms with van der Waals surface area (Å²) in [6, 6.07) is 30.3. The Kier molecular flexibility index (Phi) is 6.21. The van der Waals surface area contributed by atoms with Crippen molar-refractivity contribution in [1.29, 1.82) is 0 Å². The van der Waals surface area contributed by atoms with Gasteiger partial charge in [0.2, 0.25) is 5.95 Å². The summed E-state index contributed by atoms with van der Waals surface area (Å²) in [5.41, 5.74) is 4.67. The van der Waals surface area contributed by atoms with E-state index < -0.39 is 0 Å². The minimum absolute atomic E-state index is 0.648. The first-order chi connectivity index (χ1) is 16.3. The average molecular weight is 453 g/mol. The molecule has 1 fully saturated rings. The summed E-state index contributed by atoms with van der Waals surface area (Å²) in [7, 11) is 0. The normalized spacial score (nSPS) is 13.6. The van der Waals surface area contributed by atoms with Crippen LogP contribution in [0.1, 0.15) is 0 Å². The molecule has 33 heavy (non-hydrogen) atoms. The van der Waals surface area contributed by atoms with Crippen molar-refractivity contribution < 1.29 is 0 Å². The lowest BCUT2D eigenvalue weighted by Gasteiger charge is -2.36. The molecule has 0 bridgehead atoms. The van der Waals surface area contributed by atoms with Crippen molar-refractivity contribution in [3.05, 3.63) is 91.0 Å². The van der Waals surface area contributed by atoms with Gasteiger partial charge in [0.05, 0.1) is 0 Å². The third-order valence-corrected chi connectivity index (χ3v) is 6.01. The summed E-state index contributed by atoms with van der Waals surface area (Å²) in [4.78, 5) is 9.33. The molecule has 5 rings (SSSR count). The Balaban J connectivity index is 1.34. The molecule has 1 N–H and O–H groups in total. The van der Waals surface area contributed by atoms with Crippen LogP contribution in [0.5, 0.6) is 0 Å². The maximum atomic E-state index is 5.62. The summed E-state index contributed by atoms with van der Waals surface area (Å²) in [6.07, 6.45) is 0. The van der Waals surface area contributed by atoms with E-state index in [9.17, 15) is 0 Å². The van der Waals surface area contributed by atoms with Crippen LogP contribution < -0.4 is 10.2 Å². The highest BCUT2D eigenvalue weighted by Gasteiger charge is 2.23. The Hall–Kier alpha value is -3.84. The average Bonchev–Trinajstić information content (AvgIpc) is 2.90. The third-order valence-electron chi connectivity index (χ3n) is 5.64. The predicted octanol–water partition coefficient (Wildman–Crippen LogP) is 4.72. The van der Waals surface area contributed by atoms with E-state index in [1.54, 1.807) is 0 Å². The van der Waals surface area contributed by atoms with Gasteiger partial charge in [0.15, 0.2) is 5.11 Å². The molecule has 1 aliphatic heterocycles. The van der Waals surface area contributed by atoms with E-state index in [1.807, 2.05) is 78.9 Å². The number of nitrogens with one attached hydrogen (secondary N) is 1. The van der Waals surface area contributed by atoms with Crippen LogP contribution in [-0.2, 0) is 0 Å². The molecule has 1 aromatic heterocycles. The van der Waals surface area contributed by atoms with E-state index in [2.05, 4.69) is 37.4 Å². The number of rotatable bonds is 4. The van der Waals surface area contributed by atoms with Crippen LogP contribution in [0, 0.1) is 0 Å². The predicted molar refractivity (Wildman–Crippen MR) is 137 cm³/mol. The Labute approximate surface area is 198 Å². The molecular formula is C26H24N6S. The van der Waals surface area contributed by atoms with Gasteiger partial charge in [0, 0.05) is 43.0 Å². The molecule has 0 spiro atoms. The quantitative estimate of drug-likeness (QED) is 0.450. The van der Waals surface area contributed by atoms with E-state index in [1.165, 1.54) is 0 Å². The molecule has 0 amide bonds. The minimum atomic E-state index is 0.648. The van der Waals surface area contributed by atoms with Crippen molar-refractivity contribution >= 4 is 29.0 Å². The van der Waals surface area contributed by atoms with E-state index in [0.717, 1.165) is 59.5 Å². The number of benzene rings is 3. The Morgan fingerprint density at radius 1 is 0.667 bits per heavy atom. The molecule has 0 atom stereocenters. The number of para-hydroxylation sites is 1. The molecule has 0 unspecified atom stereocenters. The van der Waals surface area contributed by atoms with Crippen molar-refractivity contribution in [2.45, 2.75) is 0 Å². The highest BCUT2D eigenvalue weighted by Crippen LogP contribution is 2.29. The fraction of sp³-hybridized carbons (Fsp3) is 0.154. The first-order valence-corrected chi connectivity index (χ1v) is 11.4. The maximum Gasteiger partial charge on any atom is 0.246 e. The summed E-state index contributed by atoms with van der Waals surface area (Å²) in [6.45, 7) is 3.14. The van der Waals surface area contributed by atoms with Gasteiger partial charge >= 0.3 is 0 Å². The van der Waals surface area contributed by atoms with Gasteiger partial charge in [-0.1, -0.05) is 78.9 Å². The van der Waals surface area contributed by atoms with E-state index in [4.69, 9.17) is 17.2 Å². The van der Waals surface area contributed by atoms with Gasteiger partial charge in [-0.25, -0.2) is 4.98 Å². The molecule has 1 saturated heterocycles. The van der Waals surface area contributed by atoms with Gasteiger partial charge in [-0.05, 0) is 24.4 Å². The van der Waals surface area contributed by atoms with Crippen LogP contribution in [0.3, 0.4) is 0 Å². The number of thiocarbonyl (C=S) groups is 1. The number of hydrogen-bond donors (Lipinski definition) is 1. The van der Waals surface area contributed by atoms with Gasteiger partial charge < -0.3 is 15.1 Å². The summed E-state index contributed by atoms with van der Waals surface area (Å²) >= 11 is 5.62. The van der Waals surface area contributed by atoms with Crippen LogP contribution in [0.25, 0.3) is 22.5 Å². The van der Waals surface area contributed by atoms with Crippen LogP contribution in [0.2, 0.25) is 0 Å². The monoisotopic (exact) mass is 452 g/mol. The number of hydrogen-bond acceptors (Lipinski definition) is 5. The smallest absolute Gasteiger partial charge is 0.246 e. The van der Waals surface area contributed by atoms with E-state index in [0.29, 0.717) is 5.95 Å². The molecule has 4 aromatic rings. The highest BCUT2D eigenvalue weighted by molar-refractivity contribution is 7.80. The molecule has 164 valence electrons. The second-order valence-electron chi connectivity index (χ2n) is 7.81. The zero-order valence-corrected chi connectivity index (χ0v) is 18.9. The van der Waals surface area contributed by atoms with Gasteiger partial charge in [0.25, 0.3) is 0 Å². The van der Waals surface area contributed by atoms with Crippen molar-refractivity contribution in [3.63, 3.8) is 0 Å². The molecule has 3 aromatic carbocycles. The van der Waals surface area contributed by atoms with Crippen molar-refractivity contribution in [2.24, 2.45) is 0 Å². The van der Waals surface area contributed by atoms with E-state index >= 15 is 0 Å². The molecule has 7 heteroatoms. The lowest BCUT2D eigenvalue weighted by atomic mass is 10.0. The number of nitrogens with zero attached hydrogens (tertiary/aromatic N) is 5. The second kappa shape index (κ2) is 9.75. The van der Waals surface area contributed by atoms with Gasteiger partial charge in [-0.15, -0.1) is 10.2 Å². The Morgan fingerprint density at radius 3 is 1.82 bits per heavy atom. The van der Waals surface area contributed by atoms with Crippen LogP contribution in [0.4, 0.5) is 11.6 Å². The molecule has 0 saturated carbocycles. The Morgan fingerprint density at radius 2 is 1.21 bits per heavy atom. The first kappa shape index (κ1) is 21.0. The molecule has 0 aliphatic carbocycles. The van der Waals surface area contributed by atoms with Crippen LogP contribution >= 0.6 is 12.2 Å².